The molecule has 0 spiro atoms. The Hall–Kier alpha value is -3.59. The van der Waals surface area contributed by atoms with E-state index in [9.17, 15) is 4.79 Å². The third kappa shape index (κ3) is 3.47. The van der Waals surface area contributed by atoms with E-state index in [1.165, 1.54) is 6.33 Å². The summed E-state index contributed by atoms with van der Waals surface area (Å²) in [7, 11) is 0. The van der Waals surface area contributed by atoms with E-state index in [0.29, 0.717) is 22.8 Å². The minimum absolute atomic E-state index is 0.0909. The molecule has 1 aliphatic heterocycles. The SMILES string of the molecule is O=c1[nH]cncc1-c1ccc2[nH]nc(-c3cncc(O[C@@H]4CCCNC4)n3)c2c1. The lowest BCUT2D eigenvalue weighted by atomic mass is 10.0. The van der Waals surface area contributed by atoms with Gasteiger partial charge in [-0.1, -0.05) is 6.07 Å². The molecule has 0 unspecified atom stereocenters. The highest BCUT2D eigenvalue weighted by molar-refractivity contribution is 5.94. The topological polar surface area (TPSA) is 121 Å². The van der Waals surface area contributed by atoms with Crippen LogP contribution in [0.3, 0.4) is 0 Å². The molecule has 146 valence electrons. The molecule has 1 atom stereocenters. The number of nitrogens with zero attached hydrogens (tertiary/aromatic N) is 4. The second-order valence-electron chi connectivity index (χ2n) is 6.96. The number of hydrogen-bond acceptors (Lipinski definition) is 7. The van der Waals surface area contributed by atoms with Gasteiger partial charge in [-0.05, 0) is 37.1 Å². The van der Waals surface area contributed by atoms with E-state index in [1.807, 2.05) is 18.2 Å². The monoisotopic (exact) mass is 389 g/mol. The van der Waals surface area contributed by atoms with Crippen LogP contribution in [0.1, 0.15) is 12.8 Å². The van der Waals surface area contributed by atoms with Crippen molar-refractivity contribution < 1.29 is 4.74 Å². The fourth-order valence-electron chi connectivity index (χ4n) is 3.54. The molecular formula is C20H19N7O2. The van der Waals surface area contributed by atoms with Gasteiger partial charge in [0.15, 0.2) is 0 Å². The predicted octanol–water partition coefficient (Wildman–Crippen LogP) is 1.90. The maximum Gasteiger partial charge on any atom is 0.258 e. The molecule has 1 saturated heterocycles. The number of rotatable bonds is 4. The van der Waals surface area contributed by atoms with Gasteiger partial charge in [0.05, 0.1) is 29.8 Å². The molecule has 3 N–H and O–H groups in total. The highest BCUT2D eigenvalue weighted by Gasteiger charge is 2.17. The predicted molar refractivity (Wildman–Crippen MR) is 107 cm³/mol. The first-order chi connectivity index (χ1) is 14.3. The van der Waals surface area contributed by atoms with E-state index in [1.54, 1.807) is 18.6 Å². The first kappa shape index (κ1) is 17.5. The number of benzene rings is 1. The minimum Gasteiger partial charge on any atom is -0.472 e. The normalized spacial score (nSPS) is 16.8. The molecule has 0 amide bonds. The van der Waals surface area contributed by atoms with Crippen LogP contribution in [0.2, 0.25) is 0 Å². The molecule has 0 aliphatic carbocycles. The first-order valence-corrected chi connectivity index (χ1v) is 9.49. The fraction of sp³-hybridized carbons (Fsp3) is 0.250. The van der Waals surface area contributed by atoms with Gasteiger partial charge in [-0.25, -0.2) is 9.97 Å². The van der Waals surface area contributed by atoms with E-state index >= 15 is 0 Å². The van der Waals surface area contributed by atoms with Crippen molar-refractivity contribution in [3.05, 3.63) is 53.5 Å². The summed E-state index contributed by atoms with van der Waals surface area (Å²) >= 11 is 0. The number of fused-ring (bicyclic) bond motifs is 1. The molecule has 3 aromatic heterocycles. The van der Waals surface area contributed by atoms with E-state index < -0.39 is 0 Å². The van der Waals surface area contributed by atoms with Crippen molar-refractivity contribution >= 4 is 10.9 Å². The van der Waals surface area contributed by atoms with Crippen molar-refractivity contribution in [2.24, 2.45) is 0 Å². The number of piperidine rings is 1. The summed E-state index contributed by atoms with van der Waals surface area (Å²) in [6.45, 7) is 1.83. The van der Waals surface area contributed by atoms with Crippen molar-refractivity contribution in [1.29, 1.82) is 0 Å². The van der Waals surface area contributed by atoms with Gasteiger partial charge < -0.3 is 15.0 Å². The summed E-state index contributed by atoms with van der Waals surface area (Å²) < 4.78 is 5.99. The Morgan fingerprint density at radius 1 is 1.14 bits per heavy atom. The summed E-state index contributed by atoms with van der Waals surface area (Å²) in [6.07, 6.45) is 8.36. The number of aromatic amines is 2. The van der Waals surface area contributed by atoms with Crippen LogP contribution in [-0.2, 0) is 0 Å². The van der Waals surface area contributed by atoms with Crippen LogP contribution in [0.25, 0.3) is 33.4 Å². The standard InChI is InChI=1S/C20H19N7O2/c28-20-15(8-23-11-24-20)12-3-4-16-14(6-12)19(27-26-16)17-9-22-10-18(25-17)29-13-2-1-5-21-7-13/h3-4,6,8-11,13,21H,1-2,5,7H2,(H,26,27)(H,23,24,28)/t13-/m1/s1. The van der Waals surface area contributed by atoms with Crippen molar-refractivity contribution in [2.45, 2.75) is 18.9 Å². The number of nitrogens with one attached hydrogen (secondary N) is 3. The lowest BCUT2D eigenvalue weighted by Gasteiger charge is -2.23. The van der Waals surface area contributed by atoms with Crippen LogP contribution < -0.4 is 15.6 Å². The number of aromatic nitrogens is 6. The van der Waals surface area contributed by atoms with Gasteiger partial charge in [-0.15, -0.1) is 0 Å². The highest BCUT2D eigenvalue weighted by atomic mass is 16.5. The number of hydrogen-bond donors (Lipinski definition) is 3. The molecule has 1 aliphatic rings. The van der Waals surface area contributed by atoms with Crippen molar-refractivity contribution in [3.8, 4) is 28.4 Å². The summed E-state index contributed by atoms with van der Waals surface area (Å²) in [4.78, 5) is 27.6. The smallest absolute Gasteiger partial charge is 0.258 e. The maximum absolute atomic E-state index is 12.1. The average molecular weight is 389 g/mol. The van der Waals surface area contributed by atoms with Gasteiger partial charge in [-0.3, -0.25) is 14.9 Å². The third-order valence-electron chi connectivity index (χ3n) is 4.99. The van der Waals surface area contributed by atoms with Gasteiger partial charge in [0.1, 0.15) is 17.5 Å². The van der Waals surface area contributed by atoms with Crippen molar-refractivity contribution in [1.82, 2.24) is 35.5 Å². The molecule has 4 aromatic rings. The van der Waals surface area contributed by atoms with Gasteiger partial charge in [-0.2, -0.15) is 5.10 Å². The molecule has 5 rings (SSSR count). The Morgan fingerprint density at radius 2 is 2.10 bits per heavy atom. The number of H-pyrrole nitrogens is 2. The molecule has 0 saturated carbocycles. The molecule has 0 bridgehead atoms. The lowest BCUT2D eigenvalue weighted by Crippen LogP contribution is -2.37. The molecule has 9 heteroatoms. The van der Waals surface area contributed by atoms with Crippen molar-refractivity contribution in [2.75, 3.05) is 13.1 Å². The van der Waals surface area contributed by atoms with E-state index in [4.69, 9.17) is 4.74 Å². The Labute approximate surface area is 165 Å². The highest BCUT2D eigenvalue weighted by Crippen LogP contribution is 2.29. The van der Waals surface area contributed by atoms with Gasteiger partial charge >= 0.3 is 0 Å². The zero-order valence-electron chi connectivity index (χ0n) is 15.6. The van der Waals surface area contributed by atoms with Crippen LogP contribution in [0.5, 0.6) is 5.88 Å². The molecular weight excluding hydrogens is 370 g/mol. The van der Waals surface area contributed by atoms with Crippen LogP contribution in [0, 0.1) is 0 Å². The van der Waals surface area contributed by atoms with E-state index in [2.05, 4.69) is 35.5 Å². The quantitative estimate of drug-likeness (QED) is 0.487. The third-order valence-corrected chi connectivity index (χ3v) is 4.99. The van der Waals surface area contributed by atoms with Crippen LogP contribution in [0.15, 0.2) is 47.9 Å². The maximum atomic E-state index is 12.1. The Balaban J connectivity index is 1.52. The lowest BCUT2D eigenvalue weighted by molar-refractivity contribution is 0.160. The van der Waals surface area contributed by atoms with Crippen LogP contribution in [-0.4, -0.2) is 49.3 Å². The summed E-state index contributed by atoms with van der Waals surface area (Å²) in [5.41, 5.74) is 3.16. The second kappa shape index (κ2) is 7.44. The molecule has 1 aromatic carbocycles. The fourth-order valence-corrected chi connectivity index (χ4v) is 3.54. The summed E-state index contributed by atoms with van der Waals surface area (Å²) in [5.74, 6) is 0.479. The largest absolute Gasteiger partial charge is 0.472 e. The molecule has 29 heavy (non-hydrogen) atoms. The zero-order chi connectivity index (χ0) is 19.6. The average Bonchev–Trinajstić information content (AvgIpc) is 3.18. The van der Waals surface area contributed by atoms with Crippen molar-refractivity contribution in [3.63, 3.8) is 0 Å². The Bertz CT molecular complexity index is 1210. The van der Waals surface area contributed by atoms with Gasteiger partial charge in [0.2, 0.25) is 5.88 Å². The first-order valence-electron chi connectivity index (χ1n) is 9.49. The second-order valence-corrected chi connectivity index (χ2v) is 6.96. The molecule has 1 fully saturated rings. The summed E-state index contributed by atoms with van der Waals surface area (Å²) in [5, 5.41) is 11.6. The van der Waals surface area contributed by atoms with Gasteiger partial charge in [0, 0.05) is 18.1 Å². The molecule has 4 heterocycles. The van der Waals surface area contributed by atoms with Gasteiger partial charge in [0.25, 0.3) is 5.56 Å². The summed E-state index contributed by atoms with van der Waals surface area (Å²) in [6, 6.07) is 5.65. The molecule has 0 radical (unpaired) electrons. The zero-order valence-corrected chi connectivity index (χ0v) is 15.6. The minimum atomic E-state index is -0.194. The Morgan fingerprint density at radius 3 is 2.97 bits per heavy atom. The van der Waals surface area contributed by atoms with E-state index in [0.717, 1.165) is 42.4 Å². The molecule has 9 nitrogen and oxygen atoms in total. The van der Waals surface area contributed by atoms with Crippen LogP contribution >= 0.6 is 0 Å². The Kier molecular flexibility index (Phi) is 4.49. The van der Waals surface area contributed by atoms with E-state index in [-0.39, 0.29) is 11.7 Å². The number of ether oxygens (including phenoxy) is 1. The van der Waals surface area contributed by atoms with Crippen LogP contribution in [0.4, 0.5) is 0 Å².